The Kier molecular flexibility index (Phi) is 3.61. The van der Waals surface area contributed by atoms with Crippen molar-refractivity contribution in [3.8, 4) is 33.8 Å². The second kappa shape index (κ2) is 5.71. The van der Waals surface area contributed by atoms with Gasteiger partial charge in [-0.25, -0.2) is 0 Å². The van der Waals surface area contributed by atoms with Gasteiger partial charge in [0.25, 0.3) is 0 Å². The number of phenolic OH excluding ortho intramolecular Hbond substituents is 1. The number of benzene rings is 3. The normalized spacial score (nSPS) is 10.3. The number of aromatic hydroxyl groups is 1. The maximum atomic E-state index is 10.1. The summed E-state index contributed by atoms with van der Waals surface area (Å²) in [6, 6.07) is 23.4. The van der Waals surface area contributed by atoms with Gasteiger partial charge < -0.3 is 9.84 Å². The Morgan fingerprint density at radius 3 is 2.10 bits per heavy atom. The molecule has 0 bridgehead atoms. The Labute approximate surface area is 124 Å². The van der Waals surface area contributed by atoms with Crippen LogP contribution in [0.1, 0.15) is 0 Å². The molecule has 0 saturated carbocycles. The van der Waals surface area contributed by atoms with Crippen LogP contribution in [0.3, 0.4) is 0 Å². The zero-order valence-corrected chi connectivity index (χ0v) is 11.8. The van der Waals surface area contributed by atoms with Crippen molar-refractivity contribution in [2.24, 2.45) is 0 Å². The Hall–Kier alpha value is -2.74. The highest BCUT2D eigenvalue weighted by Gasteiger charge is 2.10. The molecule has 0 amide bonds. The first kappa shape index (κ1) is 13.3. The molecule has 3 rings (SSSR count). The van der Waals surface area contributed by atoms with Crippen LogP contribution in [0, 0.1) is 0 Å². The SMILES string of the molecule is COc1cccc(-c2ccccc2-c2ccccc2O)c1. The zero-order chi connectivity index (χ0) is 14.7. The number of rotatable bonds is 3. The zero-order valence-electron chi connectivity index (χ0n) is 11.8. The molecule has 21 heavy (non-hydrogen) atoms. The van der Waals surface area contributed by atoms with Crippen LogP contribution >= 0.6 is 0 Å². The maximum absolute atomic E-state index is 10.1. The van der Waals surface area contributed by atoms with Crippen LogP contribution in [-0.2, 0) is 0 Å². The highest BCUT2D eigenvalue weighted by molar-refractivity contribution is 5.86. The summed E-state index contributed by atoms with van der Waals surface area (Å²) in [7, 11) is 1.66. The molecule has 0 unspecified atom stereocenters. The average molecular weight is 276 g/mol. The molecular formula is C19H16O2. The molecule has 2 heteroatoms. The maximum Gasteiger partial charge on any atom is 0.123 e. The summed E-state index contributed by atoms with van der Waals surface area (Å²) in [4.78, 5) is 0. The van der Waals surface area contributed by atoms with Crippen LogP contribution in [0.4, 0.5) is 0 Å². The van der Waals surface area contributed by atoms with Gasteiger partial charge in [0.2, 0.25) is 0 Å². The van der Waals surface area contributed by atoms with E-state index < -0.39 is 0 Å². The van der Waals surface area contributed by atoms with Crippen molar-refractivity contribution in [1.29, 1.82) is 0 Å². The molecule has 0 aliphatic carbocycles. The fraction of sp³-hybridized carbons (Fsp3) is 0.0526. The molecule has 0 atom stereocenters. The molecule has 0 aliphatic heterocycles. The van der Waals surface area contributed by atoms with Gasteiger partial charge in [-0.2, -0.15) is 0 Å². The van der Waals surface area contributed by atoms with Crippen LogP contribution in [0.2, 0.25) is 0 Å². The second-order valence-corrected chi connectivity index (χ2v) is 4.79. The minimum atomic E-state index is 0.285. The van der Waals surface area contributed by atoms with Gasteiger partial charge >= 0.3 is 0 Å². The van der Waals surface area contributed by atoms with Crippen molar-refractivity contribution in [3.63, 3.8) is 0 Å². The Morgan fingerprint density at radius 1 is 0.714 bits per heavy atom. The molecule has 104 valence electrons. The summed E-state index contributed by atoms with van der Waals surface area (Å²) in [5, 5.41) is 10.1. The first-order chi connectivity index (χ1) is 10.3. The minimum Gasteiger partial charge on any atom is -0.507 e. The number of hydrogen-bond donors (Lipinski definition) is 1. The number of phenols is 1. The van der Waals surface area contributed by atoms with E-state index in [0.717, 1.165) is 28.0 Å². The molecule has 0 spiro atoms. The van der Waals surface area contributed by atoms with Crippen LogP contribution in [0.5, 0.6) is 11.5 Å². The van der Waals surface area contributed by atoms with Gasteiger partial charge in [0.1, 0.15) is 11.5 Å². The Morgan fingerprint density at radius 2 is 1.38 bits per heavy atom. The van der Waals surface area contributed by atoms with E-state index in [1.807, 2.05) is 60.7 Å². The summed E-state index contributed by atoms with van der Waals surface area (Å²) in [6.45, 7) is 0. The first-order valence-electron chi connectivity index (χ1n) is 6.81. The van der Waals surface area contributed by atoms with Crippen molar-refractivity contribution in [3.05, 3.63) is 72.8 Å². The van der Waals surface area contributed by atoms with E-state index in [2.05, 4.69) is 6.07 Å². The van der Waals surface area contributed by atoms with E-state index in [9.17, 15) is 5.11 Å². The summed E-state index contributed by atoms with van der Waals surface area (Å²) in [6.07, 6.45) is 0. The van der Waals surface area contributed by atoms with Crippen molar-refractivity contribution in [1.82, 2.24) is 0 Å². The molecule has 1 N–H and O–H groups in total. The monoisotopic (exact) mass is 276 g/mol. The van der Waals surface area contributed by atoms with Gasteiger partial charge in [-0.15, -0.1) is 0 Å². The van der Waals surface area contributed by atoms with Crippen molar-refractivity contribution in [2.45, 2.75) is 0 Å². The van der Waals surface area contributed by atoms with E-state index >= 15 is 0 Å². The Balaban J connectivity index is 2.18. The van der Waals surface area contributed by atoms with Crippen molar-refractivity contribution < 1.29 is 9.84 Å². The fourth-order valence-electron chi connectivity index (χ4n) is 2.46. The second-order valence-electron chi connectivity index (χ2n) is 4.79. The third kappa shape index (κ3) is 2.61. The summed E-state index contributed by atoms with van der Waals surface area (Å²) in [5.74, 6) is 1.10. The molecule has 0 heterocycles. The van der Waals surface area contributed by atoms with E-state index in [1.54, 1.807) is 13.2 Å². The predicted octanol–water partition coefficient (Wildman–Crippen LogP) is 4.73. The standard InChI is InChI=1S/C19H16O2/c1-21-15-8-6-7-14(13-15)16-9-2-3-10-17(16)18-11-4-5-12-19(18)20/h2-13,20H,1H3. The lowest BCUT2D eigenvalue weighted by Crippen LogP contribution is -1.87. The number of ether oxygens (including phenoxy) is 1. The molecule has 3 aromatic rings. The van der Waals surface area contributed by atoms with Crippen LogP contribution < -0.4 is 4.74 Å². The summed E-state index contributed by atoms with van der Waals surface area (Å²) in [5.41, 5.74) is 3.96. The van der Waals surface area contributed by atoms with E-state index in [4.69, 9.17) is 4.74 Å². The highest BCUT2D eigenvalue weighted by atomic mass is 16.5. The number of para-hydroxylation sites is 1. The van der Waals surface area contributed by atoms with Gasteiger partial charge in [-0.1, -0.05) is 54.6 Å². The topological polar surface area (TPSA) is 29.5 Å². The molecule has 0 fully saturated rings. The highest BCUT2D eigenvalue weighted by Crippen LogP contribution is 2.37. The van der Waals surface area contributed by atoms with Gasteiger partial charge in [-0.05, 0) is 34.9 Å². The van der Waals surface area contributed by atoms with Crippen molar-refractivity contribution >= 4 is 0 Å². The lowest BCUT2D eigenvalue weighted by atomic mass is 9.94. The van der Waals surface area contributed by atoms with Gasteiger partial charge in [0, 0.05) is 5.56 Å². The van der Waals surface area contributed by atoms with Gasteiger partial charge in [0.15, 0.2) is 0 Å². The number of methoxy groups -OCH3 is 1. The smallest absolute Gasteiger partial charge is 0.123 e. The lowest BCUT2D eigenvalue weighted by molar-refractivity contribution is 0.415. The first-order valence-corrected chi connectivity index (χ1v) is 6.81. The molecule has 0 radical (unpaired) electrons. The van der Waals surface area contributed by atoms with Gasteiger partial charge in [0.05, 0.1) is 7.11 Å². The molecule has 0 saturated heterocycles. The third-order valence-corrected chi connectivity index (χ3v) is 3.50. The van der Waals surface area contributed by atoms with Crippen LogP contribution in [-0.4, -0.2) is 12.2 Å². The Bertz CT molecular complexity index is 763. The quantitative estimate of drug-likeness (QED) is 0.749. The van der Waals surface area contributed by atoms with E-state index in [1.165, 1.54) is 0 Å². The molecular weight excluding hydrogens is 260 g/mol. The van der Waals surface area contributed by atoms with Crippen LogP contribution in [0.15, 0.2) is 72.8 Å². The average Bonchev–Trinajstić information content (AvgIpc) is 2.55. The van der Waals surface area contributed by atoms with E-state index in [0.29, 0.717) is 0 Å². The van der Waals surface area contributed by atoms with Crippen LogP contribution in [0.25, 0.3) is 22.3 Å². The summed E-state index contributed by atoms with van der Waals surface area (Å²) < 4.78 is 5.30. The predicted molar refractivity (Wildman–Crippen MR) is 85.5 cm³/mol. The fourth-order valence-corrected chi connectivity index (χ4v) is 2.46. The van der Waals surface area contributed by atoms with E-state index in [-0.39, 0.29) is 5.75 Å². The number of hydrogen-bond acceptors (Lipinski definition) is 2. The minimum absolute atomic E-state index is 0.285. The third-order valence-electron chi connectivity index (χ3n) is 3.50. The molecule has 3 aromatic carbocycles. The lowest BCUT2D eigenvalue weighted by Gasteiger charge is -2.12. The summed E-state index contributed by atoms with van der Waals surface area (Å²) >= 11 is 0. The van der Waals surface area contributed by atoms with Crippen molar-refractivity contribution in [2.75, 3.05) is 7.11 Å². The largest absolute Gasteiger partial charge is 0.507 e. The van der Waals surface area contributed by atoms with Gasteiger partial charge in [-0.3, -0.25) is 0 Å². The molecule has 2 nitrogen and oxygen atoms in total. The molecule has 0 aliphatic rings. The molecule has 0 aromatic heterocycles.